The molecule has 1 atom stereocenters. The van der Waals surface area contributed by atoms with Crippen LogP contribution in [0, 0.1) is 0 Å². The van der Waals surface area contributed by atoms with E-state index in [1.54, 1.807) is 48.5 Å². The van der Waals surface area contributed by atoms with Crippen molar-refractivity contribution in [1.29, 1.82) is 0 Å². The summed E-state index contributed by atoms with van der Waals surface area (Å²) in [5, 5.41) is 2.54. The lowest BCUT2D eigenvalue weighted by molar-refractivity contribution is -0.134. The van der Waals surface area contributed by atoms with Crippen molar-refractivity contribution >= 4 is 29.5 Å². The van der Waals surface area contributed by atoms with Gasteiger partial charge in [-0.3, -0.25) is 9.59 Å². The van der Waals surface area contributed by atoms with Crippen molar-refractivity contribution in [3.63, 3.8) is 0 Å². The number of benzene rings is 2. The van der Waals surface area contributed by atoms with Gasteiger partial charge >= 0.3 is 5.97 Å². The second-order valence-corrected chi connectivity index (χ2v) is 6.75. The number of likely N-dealkylation sites (N-methyl/N-ethyl adjacent to an activating group) is 1. The van der Waals surface area contributed by atoms with E-state index in [1.807, 2.05) is 0 Å². The Morgan fingerprint density at radius 1 is 1.16 bits per heavy atom. The van der Waals surface area contributed by atoms with Crippen LogP contribution in [0.2, 0.25) is 0 Å². The summed E-state index contributed by atoms with van der Waals surface area (Å²) in [5.74, 6) is 0.0634. The van der Waals surface area contributed by atoms with Crippen molar-refractivity contribution in [2.24, 2.45) is 0 Å². The molecule has 0 spiro atoms. The van der Waals surface area contributed by atoms with E-state index >= 15 is 0 Å². The highest BCUT2D eigenvalue weighted by Crippen LogP contribution is 2.34. The highest BCUT2D eigenvalue weighted by Gasteiger charge is 2.33. The molecule has 1 unspecified atom stereocenters. The fraction of sp³-hybridized carbons (Fsp3) is 0.261. The number of rotatable bonds is 7. The van der Waals surface area contributed by atoms with Gasteiger partial charge in [0.2, 0.25) is 0 Å². The summed E-state index contributed by atoms with van der Waals surface area (Å²) in [6.07, 6.45) is 2.04. The van der Waals surface area contributed by atoms with Gasteiger partial charge < -0.3 is 29.2 Å². The van der Waals surface area contributed by atoms with E-state index in [9.17, 15) is 14.4 Å². The molecule has 9 nitrogen and oxygen atoms in total. The Bertz CT molecular complexity index is 1030. The minimum Gasteiger partial charge on any atom is -0.493 e. The molecule has 3 rings (SSSR count). The first-order valence-corrected chi connectivity index (χ1v) is 9.81. The van der Waals surface area contributed by atoms with E-state index in [0.717, 1.165) is 0 Å². The molecule has 2 aromatic rings. The number of hydrogen-bond donors (Lipinski definition) is 1. The summed E-state index contributed by atoms with van der Waals surface area (Å²) in [6.45, 7) is -0.213. The zero-order valence-corrected chi connectivity index (χ0v) is 18.0. The minimum atomic E-state index is -0.825. The van der Waals surface area contributed by atoms with Gasteiger partial charge in [0, 0.05) is 13.1 Å². The topological polar surface area (TPSA) is 103 Å². The number of hydrogen-bond acceptors (Lipinski definition) is 7. The van der Waals surface area contributed by atoms with Crippen molar-refractivity contribution in [2.75, 3.05) is 39.3 Å². The van der Waals surface area contributed by atoms with Crippen molar-refractivity contribution < 1.29 is 33.3 Å². The SMILES string of the molecule is CNC(=O)C1CN(C(=O)COc2ccc(/C=C/C(=O)OC)cc2OC)c2ccccc2O1. The maximum atomic E-state index is 13.0. The van der Waals surface area contributed by atoms with E-state index in [1.165, 1.54) is 32.2 Å². The largest absolute Gasteiger partial charge is 0.493 e. The molecule has 1 aliphatic rings. The van der Waals surface area contributed by atoms with Crippen LogP contribution in [0.4, 0.5) is 5.69 Å². The Morgan fingerprint density at radius 3 is 2.66 bits per heavy atom. The molecule has 0 fully saturated rings. The van der Waals surface area contributed by atoms with Gasteiger partial charge in [0.15, 0.2) is 24.2 Å². The predicted molar refractivity (Wildman–Crippen MR) is 117 cm³/mol. The molecule has 2 aromatic carbocycles. The monoisotopic (exact) mass is 440 g/mol. The van der Waals surface area contributed by atoms with Gasteiger partial charge in [-0.25, -0.2) is 4.79 Å². The molecular weight excluding hydrogens is 416 g/mol. The number of carbonyl (C=O) groups is 3. The fourth-order valence-electron chi connectivity index (χ4n) is 3.12. The second-order valence-electron chi connectivity index (χ2n) is 6.75. The Labute approximate surface area is 185 Å². The summed E-state index contributed by atoms with van der Waals surface area (Å²) in [6, 6.07) is 12.0. The van der Waals surface area contributed by atoms with E-state index < -0.39 is 12.1 Å². The Balaban J connectivity index is 1.74. The highest BCUT2D eigenvalue weighted by atomic mass is 16.5. The lowest BCUT2D eigenvalue weighted by Gasteiger charge is -2.33. The number of anilines is 1. The normalized spacial score (nSPS) is 14.8. The number of nitrogens with one attached hydrogen (secondary N) is 1. The number of fused-ring (bicyclic) bond motifs is 1. The lowest BCUT2D eigenvalue weighted by Crippen LogP contribution is -2.51. The minimum absolute atomic E-state index is 0.0628. The molecule has 0 aromatic heterocycles. The molecule has 9 heteroatoms. The van der Waals surface area contributed by atoms with Crippen molar-refractivity contribution in [2.45, 2.75) is 6.10 Å². The summed E-state index contributed by atoms with van der Waals surface area (Å²) in [7, 11) is 4.28. The van der Waals surface area contributed by atoms with Crippen LogP contribution in [0.3, 0.4) is 0 Å². The van der Waals surface area contributed by atoms with Crippen LogP contribution >= 0.6 is 0 Å². The first kappa shape index (κ1) is 22.7. The van der Waals surface area contributed by atoms with Crippen LogP contribution in [0.5, 0.6) is 17.2 Å². The number of amides is 2. The maximum Gasteiger partial charge on any atom is 0.330 e. The number of esters is 1. The Kier molecular flexibility index (Phi) is 7.33. The third-order valence-corrected chi connectivity index (χ3v) is 4.77. The average molecular weight is 440 g/mol. The van der Waals surface area contributed by atoms with Gasteiger partial charge in [0.05, 0.1) is 26.5 Å². The molecule has 0 saturated carbocycles. The van der Waals surface area contributed by atoms with Gasteiger partial charge in [-0.2, -0.15) is 0 Å². The van der Waals surface area contributed by atoms with Gasteiger partial charge in [0.1, 0.15) is 5.75 Å². The summed E-state index contributed by atoms with van der Waals surface area (Å²) in [5.41, 5.74) is 1.26. The predicted octanol–water partition coefficient (Wildman–Crippen LogP) is 1.80. The molecule has 0 aliphatic carbocycles. The number of nitrogens with zero attached hydrogens (tertiary/aromatic N) is 1. The third kappa shape index (κ3) is 5.18. The smallest absolute Gasteiger partial charge is 0.330 e. The quantitative estimate of drug-likeness (QED) is 0.517. The third-order valence-electron chi connectivity index (χ3n) is 4.77. The highest BCUT2D eigenvalue weighted by molar-refractivity contribution is 5.98. The van der Waals surface area contributed by atoms with Crippen LogP contribution < -0.4 is 24.4 Å². The number of ether oxygens (including phenoxy) is 4. The number of methoxy groups -OCH3 is 2. The molecule has 2 amide bonds. The van der Waals surface area contributed by atoms with Gasteiger partial charge in [-0.1, -0.05) is 18.2 Å². The van der Waals surface area contributed by atoms with Crippen LogP contribution in [0.25, 0.3) is 6.08 Å². The second kappa shape index (κ2) is 10.3. The van der Waals surface area contributed by atoms with E-state index in [-0.39, 0.29) is 25.0 Å². The van der Waals surface area contributed by atoms with Crippen molar-refractivity contribution in [3.8, 4) is 17.2 Å². The van der Waals surface area contributed by atoms with Crippen LogP contribution in [0.15, 0.2) is 48.5 Å². The van der Waals surface area contributed by atoms with E-state index in [4.69, 9.17) is 14.2 Å². The van der Waals surface area contributed by atoms with Gasteiger partial charge in [-0.15, -0.1) is 0 Å². The van der Waals surface area contributed by atoms with Gasteiger partial charge in [-0.05, 0) is 35.9 Å². The molecular formula is C23H24N2O7. The van der Waals surface area contributed by atoms with E-state index in [0.29, 0.717) is 28.5 Å². The zero-order chi connectivity index (χ0) is 23.1. The number of para-hydroxylation sites is 2. The van der Waals surface area contributed by atoms with Crippen LogP contribution in [-0.4, -0.2) is 58.3 Å². The number of carbonyl (C=O) groups excluding carboxylic acids is 3. The zero-order valence-electron chi connectivity index (χ0n) is 18.0. The molecule has 32 heavy (non-hydrogen) atoms. The molecule has 1 N–H and O–H groups in total. The molecule has 0 bridgehead atoms. The first-order valence-electron chi connectivity index (χ1n) is 9.81. The molecule has 1 aliphatic heterocycles. The molecule has 0 saturated heterocycles. The summed E-state index contributed by atoms with van der Waals surface area (Å²) < 4.78 is 21.3. The molecule has 168 valence electrons. The van der Waals surface area contributed by atoms with Crippen molar-refractivity contribution in [1.82, 2.24) is 5.32 Å². The summed E-state index contributed by atoms with van der Waals surface area (Å²) in [4.78, 5) is 37.8. The molecule has 0 radical (unpaired) electrons. The fourth-order valence-corrected chi connectivity index (χ4v) is 3.12. The maximum absolute atomic E-state index is 13.0. The van der Waals surface area contributed by atoms with E-state index in [2.05, 4.69) is 10.1 Å². The van der Waals surface area contributed by atoms with Crippen LogP contribution in [-0.2, 0) is 19.1 Å². The lowest BCUT2D eigenvalue weighted by atomic mass is 10.1. The summed E-state index contributed by atoms with van der Waals surface area (Å²) >= 11 is 0. The van der Waals surface area contributed by atoms with Gasteiger partial charge in [0.25, 0.3) is 11.8 Å². The molecule has 1 heterocycles. The average Bonchev–Trinajstić information content (AvgIpc) is 2.84. The Morgan fingerprint density at radius 2 is 1.94 bits per heavy atom. The standard InChI is InChI=1S/C23H24N2O7/c1-24-23(28)20-13-25(16-6-4-5-7-17(16)32-20)21(26)14-31-18-10-8-15(12-19(18)29-2)9-11-22(27)30-3/h4-12,20H,13-14H2,1-3H3,(H,24,28)/b11-9+. The van der Waals surface area contributed by atoms with Crippen LogP contribution in [0.1, 0.15) is 5.56 Å². The first-order chi connectivity index (χ1) is 15.5. The Hall–Kier alpha value is -4.01. The van der Waals surface area contributed by atoms with Crippen molar-refractivity contribution in [3.05, 3.63) is 54.1 Å².